The van der Waals surface area contributed by atoms with Gasteiger partial charge in [0, 0.05) is 16.6 Å². The van der Waals surface area contributed by atoms with E-state index in [-0.39, 0.29) is 5.92 Å². The van der Waals surface area contributed by atoms with Gasteiger partial charge in [-0.25, -0.2) is 0 Å². The normalized spacial score (nSPS) is 17.9. The molecule has 0 atom stereocenters. The molecule has 0 aromatic heterocycles. The van der Waals surface area contributed by atoms with Crippen LogP contribution in [0.3, 0.4) is 0 Å². The van der Waals surface area contributed by atoms with Gasteiger partial charge >= 0.3 is 5.97 Å². The monoisotopic (exact) mass is 287 g/mol. The van der Waals surface area contributed by atoms with Crippen LogP contribution >= 0.6 is 23.2 Å². The van der Waals surface area contributed by atoms with Gasteiger partial charge < -0.3 is 5.11 Å². The largest absolute Gasteiger partial charge is 0.481 e. The van der Waals surface area contributed by atoms with E-state index in [1.54, 1.807) is 12.1 Å². The highest BCUT2D eigenvalue weighted by atomic mass is 35.5. The highest BCUT2D eigenvalue weighted by Crippen LogP contribution is 2.24. The van der Waals surface area contributed by atoms with Gasteiger partial charge in [-0.3, -0.25) is 9.69 Å². The van der Waals surface area contributed by atoms with E-state index in [2.05, 4.69) is 4.90 Å². The molecule has 0 saturated carbocycles. The van der Waals surface area contributed by atoms with E-state index in [0.717, 1.165) is 25.2 Å². The summed E-state index contributed by atoms with van der Waals surface area (Å²) in [5.74, 6) is -0.883. The van der Waals surface area contributed by atoms with Gasteiger partial charge in [0.1, 0.15) is 0 Å². The Kier molecular flexibility index (Phi) is 4.49. The lowest BCUT2D eigenvalue weighted by Gasteiger charge is -2.30. The summed E-state index contributed by atoms with van der Waals surface area (Å²) in [6.45, 7) is 2.31. The van der Waals surface area contributed by atoms with Gasteiger partial charge in [-0.05, 0) is 49.7 Å². The highest BCUT2D eigenvalue weighted by Gasteiger charge is 2.24. The predicted molar refractivity (Wildman–Crippen MR) is 72.1 cm³/mol. The van der Waals surface area contributed by atoms with Crippen LogP contribution in [0.1, 0.15) is 18.4 Å². The van der Waals surface area contributed by atoms with E-state index in [1.807, 2.05) is 6.07 Å². The predicted octanol–water partition coefficient (Wildman–Crippen LogP) is 3.29. The maximum atomic E-state index is 10.9. The van der Waals surface area contributed by atoms with Crippen LogP contribution in [0.15, 0.2) is 18.2 Å². The number of rotatable bonds is 3. The molecule has 1 heterocycles. The third kappa shape index (κ3) is 3.37. The Labute approximate surface area is 116 Å². The van der Waals surface area contributed by atoms with Crippen LogP contribution in [0.25, 0.3) is 0 Å². The maximum absolute atomic E-state index is 10.9. The molecular formula is C13H15Cl2NO2. The molecule has 0 spiro atoms. The SMILES string of the molecule is O=C(O)C1CCN(Cc2cc(Cl)ccc2Cl)CC1. The first kappa shape index (κ1) is 13.7. The first-order valence-corrected chi connectivity index (χ1v) is 6.71. The fraction of sp³-hybridized carbons (Fsp3) is 0.462. The molecule has 0 amide bonds. The zero-order valence-corrected chi connectivity index (χ0v) is 11.4. The molecule has 1 N–H and O–H groups in total. The Bertz CT molecular complexity index is 443. The Morgan fingerprint density at radius 2 is 2.00 bits per heavy atom. The topological polar surface area (TPSA) is 40.5 Å². The van der Waals surface area contributed by atoms with Crippen molar-refractivity contribution in [2.75, 3.05) is 13.1 Å². The Morgan fingerprint density at radius 1 is 1.33 bits per heavy atom. The third-order valence-electron chi connectivity index (χ3n) is 3.34. The Hall–Kier alpha value is -0.770. The molecule has 1 aromatic rings. The van der Waals surface area contributed by atoms with E-state index in [4.69, 9.17) is 28.3 Å². The minimum atomic E-state index is -0.685. The molecule has 0 bridgehead atoms. The van der Waals surface area contributed by atoms with E-state index < -0.39 is 5.97 Å². The molecule has 98 valence electrons. The second-order valence-electron chi connectivity index (χ2n) is 4.62. The quantitative estimate of drug-likeness (QED) is 0.927. The standard InChI is InChI=1S/C13H15Cl2NO2/c14-11-1-2-12(15)10(7-11)8-16-5-3-9(4-6-16)13(17)18/h1-2,7,9H,3-6,8H2,(H,17,18). The summed E-state index contributed by atoms with van der Waals surface area (Å²) in [7, 11) is 0. The molecule has 3 nitrogen and oxygen atoms in total. The van der Waals surface area contributed by atoms with Crippen molar-refractivity contribution in [3.05, 3.63) is 33.8 Å². The van der Waals surface area contributed by atoms with E-state index >= 15 is 0 Å². The molecule has 0 unspecified atom stereocenters. The number of benzene rings is 1. The number of likely N-dealkylation sites (tertiary alicyclic amines) is 1. The number of piperidine rings is 1. The second-order valence-corrected chi connectivity index (χ2v) is 5.47. The fourth-order valence-corrected chi connectivity index (χ4v) is 2.62. The Balaban J connectivity index is 1.95. The maximum Gasteiger partial charge on any atom is 0.306 e. The minimum Gasteiger partial charge on any atom is -0.481 e. The Morgan fingerprint density at radius 3 is 2.61 bits per heavy atom. The molecule has 0 aliphatic carbocycles. The summed E-state index contributed by atoms with van der Waals surface area (Å²) in [6, 6.07) is 5.43. The van der Waals surface area contributed by atoms with Crippen LogP contribution in [0.5, 0.6) is 0 Å². The number of carbonyl (C=O) groups is 1. The first-order chi connectivity index (χ1) is 8.56. The average Bonchev–Trinajstić information content (AvgIpc) is 2.34. The zero-order chi connectivity index (χ0) is 13.1. The van der Waals surface area contributed by atoms with Crippen LogP contribution in [-0.2, 0) is 11.3 Å². The molecule has 1 aliphatic rings. The highest BCUT2D eigenvalue weighted by molar-refractivity contribution is 6.33. The number of carboxylic acid groups (broad SMARTS) is 1. The van der Waals surface area contributed by atoms with Gasteiger partial charge in [0.05, 0.1) is 5.92 Å². The third-order valence-corrected chi connectivity index (χ3v) is 3.94. The van der Waals surface area contributed by atoms with Crippen molar-refractivity contribution < 1.29 is 9.90 Å². The molecular weight excluding hydrogens is 273 g/mol. The molecule has 1 aromatic carbocycles. The summed E-state index contributed by atoms with van der Waals surface area (Å²) in [6.07, 6.45) is 1.40. The summed E-state index contributed by atoms with van der Waals surface area (Å²) >= 11 is 12.1. The lowest BCUT2D eigenvalue weighted by Crippen LogP contribution is -2.35. The number of carboxylic acids is 1. The molecule has 0 radical (unpaired) electrons. The van der Waals surface area contributed by atoms with Gasteiger partial charge in [-0.1, -0.05) is 23.2 Å². The van der Waals surface area contributed by atoms with Crippen molar-refractivity contribution in [1.82, 2.24) is 4.90 Å². The van der Waals surface area contributed by atoms with Crippen molar-refractivity contribution in [2.45, 2.75) is 19.4 Å². The van der Waals surface area contributed by atoms with Crippen LogP contribution in [-0.4, -0.2) is 29.1 Å². The summed E-state index contributed by atoms with van der Waals surface area (Å²) < 4.78 is 0. The average molecular weight is 288 g/mol. The molecule has 5 heteroatoms. The van der Waals surface area contributed by atoms with Crippen LogP contribution < -0.4 is 0 Å². The second kappa shape index (κ2) is 5.91. The van der Waals surface area contributed by atoms with Crippen molar-refractivity contribution in [1.29, 1.82) is 0 Å². The van der Waals surface area contributed by atoms with Gasteiger partial charge in [0.25, 0.3) is 0 Å². The summed E-state index contributed by atoms with van der Waals surface area (Å²) in [5.41, 5.74) is 0.998. The molecule has 18 heavy (non-hydrogen) atoms. The van der Waals surface area contributed by atoms with Crippen molar-refractivity contribution in [3.63, 3.8) is 0 Å². The van der Waals surface area contributed by atoms with Gasteiger partial charge in [-0.2, -0.15) is 0 Å². The fourth-order valence-electron chi connectivity index (χ4n) is 2.24. The summed E-state index contributed by atoms with van der Waals surface area (Å²) in [5, 5.41) is 10.3. The van der Waals surface area contributed by atoms with Gasteiger partial charge in [0.15, 0.2) is 0 Å². The number of hydrogen-bond donors (Lipinski definition) is 1. The minimum absolute atomic E-state index is 0.198. The van der Waals surface area contributed by atoms with E-state index in [9.17, 15) is 4.79 Å². The van der Waals surface area contributed by atoms with Crippen molar-refractivity contribution >= 4 is 29.2 Å². The van der Waals surface area contributed by atoms with Crippen LogP contribution in [0.4, 0.5) is 0 Å². The molecule has 1 saturated heterocycles. The lowest BCUT2D eigenvalue weighted by molar-refractivity contribution is -0.143. The van der Waals surface area contributed by atoms with Crippen LogP contribution in [0, 0.1) is 5.92 Å². The number of nitrogens with zero attached hydrogens (tertiary/aromatic N) is 1. The molecule has 1 aliphatic heterocycles. The zero-order valence-electron chi connectivity index (χ0n) is 9.90. The number of hydrogen-bond acceptors (Lipinski definition) is 2. The van der Waals surface area contributed by atoms with E-state index in [0.29, 0.717) is 22.9 Å². The van der Waals surface area contributed by atoms with Gasteiger partial charge in [0.2, 0.25) is 0 Å². The molecule has 1 fully saturated rings. The van der Waals surface area contributed by atoms with Gasteiger partial charge in [-0.15, -0.1) is 0 Å². The van der Waals surface area contributed by atoms with E-state index in [1.165, 1.54) is 0 Å². The first-order valence-electron chi connectivity index (χ1n) is 5.95. The smallest absolute Gasteiger partial charge is 0.306 e. The number of halogens is 2. The van der Waals surface area contributed by atoms with Crippen molar-refractivity contribution in [3.8, 4) is 0 Å². The van der Waals surface area contributed by atoms with Crippen LogP contribution in [0.2, 0.25) is 10.0 Å². The lowest BCUT2D eigenvalue weighted by atomic mass is 9.97. The number of aliphatic carboxylic acids is 1. The van der Waals surface area contributed by atoms with Crippen molar-refractivity contribution in [2.24, 2.45) is 5.92 Å². The summed E-state index contributed by atoms with van der Waals surface area (Å²) in [4.78, 5) is 13.1. The molecule has 2 rings (SSSR count).